The zero-order chi connectivity index (χ0) is 14.1. The summed E-state index contributed by atoms with van der Waals surface area (Å²) in [6, 6.07) is 13.9. The van der Waals surface area contributed by atoms with Crippen LogP contribution < -0.4 is 5.32 Å². The summed E-state index contributed by atoms with van der Waals surface area (Å²) in [7, 11) is 0. The molecule has 3 rings (SSSR count). The topological polar surface area (TPSA) is 29.1 Å². The predicted molar refractivity (Wildman–Crippen MR) is 90.1 cm³/mol. The Morgan fingerprint density at radius 2 is 1.80 bits per heavy atom. The maximum atomic E-state index is 12.3. The zero-order valence-corrected chi connectivity index (χ0v) is 13.6. The fourth-order valence-corrected chi connectivity index (χ4v) is 3.47. The van der Waals surface area contributed by atoms with Crippen molar-refractivity contribution in [1.29, 1.82) is 0 Å². The van der Waals surface area contributed by atoms with Crippen LogP contribution in [-0.4, -0.2) is 5.91 Å². The van der Waals surface area contributed by atoms with Crippen LogP contribution in [0, 0.1) is 9.49 Å². The minimum atomic E-state index is 0.00254. The van der Waals surface area contributed by atoms with Crippen LogP contribution in [0.5, 0.6) is 0 Å². The summed E-state index contributed by atoms with van der Waals surface area (Å²) in [6.45, 7) is 0. The average molecular weight is 398 g/mol. The van der Waals surface area contributed by atoms with E-state index in [-0.39, 0.29) is 11.8 Å². The molecule has 0 unspecified atom stereocenters. The van der Waals surface area contributed by atoms with Gasteiger partial charge in [-0.05, 0) is 64.8 Å². The van der Waals surface area contributed by atoms with Gasteiger partial charge in [0.2, 0.25) is 5.91 Å². The first-order valence-corrected chi connectivity index (χ1v) is 7.92. The quantitative estimate of drug-likeness (QED) is 0.752. The maximum Gasteiger partial charge on any atom is 0.228 e. The normalized spacial score (nSPS) is 14.1. The standard InChI is InChI=1S/C16H13ClINO/c17-14-9-13(18)5-6-15(14)19-16(20)12-7-10-3-1-2-4-11(10)8-12/h1-6,9,12H,7-8H2,(H,19,20). The highest BCUT2D eigenvalue weighted by atomic mass is 127. The van der Waals surface area contributed by atoms with Crippen LogP contribution in [0.1, 0.15) is 11.1 Å². The van der Waals surface area contributed by atoms with Gasteiger partial charge in [0.15, 0.2) is 0 Å². The van der Waals surface area contributed by atoms with Gasteiger partial charge in [-0.15, -0.1) is 0 Å². The van der Waals surface area contributed by atoms with Crippen LogP contribution in [0.2, 0.25) is 5.02 Å². The van der Waals surface area contributed by atoms with Crippen molar-refractivity contribution in [2.45, 2.75) is 12.8 Å². The van der Waals surface area contributed by atoms with E-state index in [4.69, 9.17) is 11.6 Å². The molecule has 0 spiro atoms. The van der Waals surface area contributed by atoms with E-state index in [0.717, 1.165) is 16.4 Å². The molecule has 20 heavy (non-hydrogen) atoms. The molecule has 1 aliphatic rings. The molecule has 1 aliphatic carbocycles. The molecule has 1 N–H and O–H groups in total. The second kappa shape index (κ2) is 5.74. The molecule has 2 nitrogen and oxygen atoms in total. The first kappa shape index (κ1) is 13.9. The Bertz CT molecular complexity index is 646. The van der Waals surface area contributed by atoms with Crippen molar-refractivity contribution < 1.29 is 4.79 Å². The van der Waals surface area contributed by atoms with Crippen LogP contribution in [0.3, 0.4) is 0 Å². The van der Waals surface area contributed by atoms with Crippen molar-refractivity contribution >= 4 is 45.8 Å². The smallest absolute Gasteiger partial charge is 0.228 e. The molecule has 0 aromatic heterocycles. The summed E-state index contributed by atoms with van der Waals surface area (Å²) in [4.78, 5) is 12.3. The van der Waals surface area contributed by atoms with Gasteiger partial charge in [0.1, 0.15) is 0 Å². The van der Waals surface area contributed by atoms with E-state index in [1.807, 2.05) is 30.3 Å². The molecule has 2 aromatic rings. The van der Waals surface area contributed by atoms with E-state index in [1.54, 1.807) is 0 Å². The van der Waals surface area contributed by atoms with Gasteiger partial charge >= 0.3 is 0 Å². The number of rotatable bonds is 2. The van der Waals surface area contributed by atoms with Gasteiger partial charge in [0.05, 0.1) is 10.7 Å². The number of amides is 1. The van der Waals surface area contributed by atoms with Gasteiger partial charge in [0, 0.05) is 9.49 Å². The monoisotopic (exact) mass is 397 g/mol. The minimum absolute atomic E-state index is 0.00254. The van der Waals surface area contributed by atoms with Crippen LogP contribution in [0.25, 0.3) is 0 Å². The fourth-order valence-electron chi connectivity index (χ4n) is 2.57. The number of carbonyl (C=O) groups excluding carboxylic acids is 1. The highest BCUT2D eigenvalue weighted by Crippen LogP contribution is 2.29. The molecule has 0 saturated carbocycles. The first-order chi connectivity index (χ1) is 9.63. The van der Waals surface area contributed by atoms with E-state index in [1.165, 1.54) is 11.1 Å². The van der Waals surface area contributed by atoms with Gasteiger partial charge in [-0.3, -0.25) is 4.79 Å². The Hall–Kier alpha value is -1.07. The van der Waals surface area contributed by atoms with Crippen LogP contribution in [0.4, 0.5) is 5.69 Å². The minimum Gasteiger partial charge on any atom is -0.325 e. The number of anilines is 1. The summed E-state index contributed by atoms with van der Waals surface area (Å²) < 4.78 is 1.05. The Labute approximate surface area is 136 Å². The molecule has 0 bridgehead atoms. The first-order valence-electron chi connectivity index (χ1n) is 6.46. The van der Waals surface area contributed by atoms with E-state index < -0.39 is 0 Å². The van der Waals surface area contributed by atoms with Crippen molar-refractivity contribution in [1.82, 2.24) is 0 Å². The zero-order valence-electron chi connectivity index (χ0n) is 10.7. The van der Waals surface area contributed by atoms with Crippen LogP contribution >= 0.6 is 34.2 Å². The molecule has 4 heteroatoms. The van der Waals surface area contributed by atoms with Crippen molar-refractivity contribution in [3.8, 4) is 0 Å². The number of nitrogens with one attached hydrogen (secondary N) is 1. The Balaban J connectivity index is 1.72. The van der Waals surface area contributed by atoms with Crippen LogP contribution in [0.15, 0.2) is 42.5 Å². The summed E-state index contributed by atoms with van der Waals surface area (Å²) in [5, 5.41) is 3.52. The lowest BCUT2D eigenvalue weighted by Crippen LogP contribution is -2.23. The summed E-state index contributed by atoms with van der Waals surface area (Å²) in [5.41, 5.74) is 3.25. The van der Waals surface area contributed by atoms with Gasteiger partial charge < -0.3 is 5.32 Å². The number of hydrogen-bond acceptors (Lipinski definition) is 1. The Morgan fingerprint density at radius 3 is 2.40 bits per heavy atom. The summed E-state index contributed by atoms with van der Waals surface area (Å²) >= 11 is 8.35. The van der Waals surface area contributed by atoms with Gasteiger partial charge in [-0.2, -0.15) is 0 Å². The number of benzene rings is 2. The molecular formula is C16H13ClINO. The highest BCUT2D eigenvalue weighted by Gasteiger charge is 2.27. The molecule has 0 aliphatic heterocycles. The second-order valence-corrected chi connectivity index (χ2v) is 6.64. The molecule has 0 radical (unpaired) electrons. The summed E-state index contributed by atoms with van der Waals surface area (Å²) in [5.74, 6) is 0.0482. The van der Waals surface area contributed by atoms with Gasteiger partial charge in [0.25, 0.3) is 0 Å². The number of hydrogen-bond donors (Lipinski definition) is 1. The third-order valence-electron chi connectivity index (χ3n) is 3.61. The highest BCUT2D eigenvalue weighted by molar-refractivity contribution is 14.1. The lowest BCUT2D eigenvalue weighted by molar-refractivity contribution is -0.119. The van der Waals surface area contributed by atoms with Crippen molar-refractivity contribution in [3.05, 3.63) is 62.2 Å². The third kappa shape index (κ3) is 2.83. The Kier molecular flexibility index (Phi) is 3.98. The molecule has 0 heterocycles. The third-order valence-corrected chi connectivity index (χ3v) is 4.59. The molecular weight excluding hydrogens is 385 g/mol. The van der Waals surface area contributed by atoms with Gasteiger partial charge in [-0.1, -0.05) is 35.9 Å². The second-order valence-electron chi connectivity index (χ2n) is 4.99. The Morgan fingerprint density at radius 1 is 1.15 bits per heavy atom. The number of fused-ring (bicyclic) bond motifs is 1. The molecule has 0 saturated heterocycles. The van der Waals surface area contributed by atoms with Crippen LogP contribution in [-0.2, 0) is 17.6 Å². The van der Waals surface area contributed by atoms with E-state index in [0.29, 0.717) is 10.7 Å². The molecule has 0 atom stereocenters. The van der Waals surface area contributed by atoms with E-state index >= 15 is 0 Å². The number of halogens is 2. The van der Waals surface area contributed by atoms with E-state index in [9.17, 15) is 4.79 Å². The lowest BCUT2D eigenvalue weighted by Gasteiger charge is -2.11. The van der Waals surface area contributed by atoms with Gasteiger partial charge in [-0.25, -0.2) is 0 Å². The molecule has 0 fully saturated rings. The van der Waals surface area contributed by atoms with E-state index in [2.05, 4.69) is 40.0 Å². The van der Waals surface area contributed by atoms with Crippen molar-refractivity contribution in [2.75, 3.05) is 5.32 Å². The van der Waals surface area contributed by atoms with Crippen molar-refractivity contribution in [3.63, 3.8) is 0 Å². The molecule has 1 amide bonds. The predicted octanol–water partition coefficient (Wildman–Crippen LogP) is 4.30. The fraction of sp³-hybridized carbons (Fsp3) is 0.188. The molecule has 102 valence electrons. The summed E-state index contributed by atoms with van der Waals surface area (Å²) in [6.07, 6.45) is 1.62. The van der Waals surface area contributed by atoms with Crippen molar-refractivity contribution in [2.24, 2.45) is 5.92 Å². The SMILES string of the molecule is O=C(Nc1ccc(I)cc1Cl)C1Cc2ccccc2C1. The average Bonchev–Trinajstić information content (AvgIpc) is 2.86. The maximum absolute atomic E-state index is 12.3. The largest absolute Gasteiger partial charge is 0.325 e. The lowest BCUT2D eigenvalue weighted by atomic mass is 10.1. The molecule has 2 aromatic carbocycles. The number of carbonyl (C=O) groups is 1.